The minimum Gasteiger partial charge on any atom is -0.426 e. The summed E-state index contributed by atoms with van der Waals surface area (Å²) in [5.74, 6) is -0.486. The number of carbonyl (C=O) groups excluding carboxylic acids is 1. The molecule has 0 fully saturated rings. The molecule has 4 nitrogen and oxygen atoms in total. The zero-order valence-corrected chi connectivity index (χ0v) is 10.8. The van der Waals surface area contributed by atoms with Crippen LogP contribution < -0.4 is 5.32 Å². The molecule has 0 aromatic heterocycles. The molecule has 1 heterocycles. The molecule has 1 unspecified atom stereocenters. The largest absolute Gasteiger partial charge is 0.478 e. The van der Waals surface area contributed by atoms with Crippen LogP contribution in [0.2, 0.25) is 0 Å². The highest BCUT2D eigenvalue weighted by atomic mass is 16.5. The number of hydrogen-bond donors (Lipinski definition) is 2. The summed E-state index contributed by atoms with van der Waals surface area (Å²) in [7, 11) is -0.940. The summed E-state index contributed by atoms with van der Waals surface area (Å²) >= 11 is 0. The molecule has 2 N–H and O–H groups in total. The third-order valence-corrected chi connectivity index (χ3v) is 3.03. The van der Waals surface area contributed by atoms with Crippen molar-refractivity contribution in [3.8, 4) is 0 Å². The van der Waals surface area contributed by atoms with E-state index in [4.69, 9.17) is 4.65 Å². The molecule has 0 saturated heterocycles. The molecule has 2 rings (SSSR count). The van der Waals surface area contributed by atoms with Crippen LogP contribution in [0.3, 0.4) is 0 Å². The first-order valence-electron chi connectivity index (χ1n) is 6.53. The molecule has 1 aliphatic rings. The first-order valence-corrected chi connectivity index (χ1v) is 6.53. The Bertz CT molecular complexity index is 436. The van der Waals surface area contributed by atoms with Gasteiger partial charge in [0.1, 0.15) is 0 Å². The van der Waals surface area contributed by atoms with Crippen LogP contribution in [0, 0.1) is 0 Å². The van der Waals surface area contributed by atoms with Crippen LogP contribution in [0.1, 0.15) is 18.4 Å². The van der Waals surface area contributed by atoms with Crippen LogP contribution in [-0.2, 0) is 15.9 Å². The fourth-order valence-corrected chi connectivity index (χ4v) is 2.02. The lowest BCUT2D eigenvalue weighted by atomic mass is 9.76. The number of nitrogens with one attached hydrogen (secondary N) is 1. The van der Waals surface area contributed by atoms with Gasteiger partial charge in [-0.1, -0.05) is 42.5 Å². The van der Waals surface area contributed by atoms with E-state index in [1.54, 1.807) is 0 Å². The molecule has 0 radical (unpaired) electrons. The number of benzene rings is 1. The Labute approximate surface area is 113 Å². The molecule has 100 valence electrons. The summed E-state index contributed by atoms with van der Waals surface area (Å²) < 4.78 is 5.24. The van der Waals surface area contributed by atoms with Crippen molar-refractivity contribution in [2.24, 2.45) is 0 Å². The van der Waals surface area contributed by atoms with E-state index in [2.05, 4.69) is 5.32 Å². The van der Waals surface area contributed by atoms with Crippen molar-refractivity contribution < 1.29 is 14.5 Å². The first kappa shape index (κ1) is 13.8. The maximum atomic E-state index is 11.9. The van der Waals surface area contributed by atoms with E-state index in [9.17, 15) is 9.82 Å². The van der Waals surface area contributed by atoms with Crippen LogP contribution in [0.4, 0.5) is 0 Å². The molecule has 0 spiro atoms. The lowest BCUT2D eigenvalue weighted by molar-refractivity contribution is -0.120. The van der Waals surface area contributed by atoms with Gasteiger partial charge in [0.15, 0.2) is 0 Å². The SMILES string of the molecule is O=C(Cc1ccccc1)NC1C/C=C\CCOB1O. The second-order valence-corrected chi connectivity index (χ2v) is 4.59. The van der Waals surface area contributed by atoms with E-state index >= 15 is 0 Å². The Kier molecular flexibility index (Phi) is 5.18. The molecule has 1 aromatic rings. The topological polar surface area (TPSA) is 58.6 Å². The Hall–Kier alpha value is -1.59. The summed E-state index contributed by atoms with van der Waals surface area (Å²) in [5.41, 5.74) is 0.955. The molecule has 1 aliphatic heterocycles. The zero-order valence-electron chi connectivity index (χ0n) is 10.8. The molecule has 0 saturated carbocycles. The molecule has 0 aliphatic carbocycles. The quantitative estimate of drug-likeness (QED) is 0.631. The second kappa shape index (κ2) is 7.11. The molecule has 19 heavy (non-hydrogen) atoms. The summed E-state index contributed by atoms with van der Waals surface area (Å²) in [4.78, 5) is 11.9. The highest BCUT2D eigenvalue weighted by Gasteiger charge is 2.28. The normalized spacial score (nSPS) is 21.3. The predicted molar refractivity (Wildman–Crippen MR) is 74.4 cm³/mol. The maximum Gasteiger partial charge on any atom is 0.478 e. The summed E-state index contributed by atoms with van der Waals surface area (Å²) in [5, 5.41) is 12.6. The Morgan fingerprint density at radius 1 is 1.37 bits per heavy atom. The van der Waals surface area contributed by atoms with Crippen molar-refractivity contribution in [1.82, 2.24) is 5.32 Å². The van der Waals surface area contributed by atoms with Crippen LogP contribution in [0.5, 0.6) is 0 Å². The predicted octanol–water partition coefficient (Wildman–Crippen LogP) is 1.10. The van der Waals surface area contributed by atoms with E-state index in [0.29, 0.717) is 19.4 Å². The fraction of sp³-hybridized carbons (Fsp3) is 0.357. The Morgan fingerprint density at radius 3 is 2.95 bits per heavy atom. The highest BCUT2D eigenvalue weighted by molar-refractivity contribution is 6.45. The van der Waals surface area contributed by atoms with E-state index in [0.717, 1.165) is 12.0 Å². The van der Waals surface area contributed by atoms with E-state index in [1.165, 1.54) is 0 Å². The van der Waals surface area contributed by atoms with Crippen molar-refractivity contribution in [3.05, 3.63) is 48.0 Å². The van der Waals surface area contributed by atoms with E-state index in [1.807, 2.05) is 42.5 Å². The zero-order chi connectivity index (χ0) is 13.5. The standard InChI is InChI=1S/C14H18BNO3/c17-14(11-12-7-3-1-4-8-12)16-13-9-5-2-6-10-19-15(13)18/h1-5,7-8,13,18H,6,9-11H2,(H,16,17)/b5-2-. The summed E-state index contributed by atoms with van der Waals surface area (Å²) in [6.45, 7) is 0.475. The second-order valence-electron chi connectivity index (χ2n) is 4.59. The van der Waals surface area contributed by atoms with Gasteiger partial charge in [0, 0.05) is 6.61 Å². The molecule has 0 bridgehead atoms. The monoisotopic (exact) mass is 259 g/mol. The van der Waals surface area contributed by atoms with Crippen molar-refractivity contribution in [2.75, 3.05) is 6.61 Å². The van der Waals surface area contributed by atoms with Crippen LogP contribution in [-0.4, -0.2) is 30.6 Å². The molecule has 1 atom stereocenters. The minimum atomic E-state index is -0.940. The summed E-state index contributed by atoms with van der Waals surface area (Å²) in [6, 6.07) is 9.53. The smallest absolute Gasteiger partial charge is 0.426 e. The van der Waals surface area contributed by atoms with E-state index < -0.39 is 7.12 Å². The third-order valence-electron chi connectivity index (χ3n) is 3.03. The Morgan fingerprint density at radius 2 is 2.16 bits per heavy atom. The lowest BCUT2D eigenvalue weighted by Gasteiger charge is -2.21. The van der Waals surface area contributed by atoms with Crippen LogP contribution in [0.15, 0.2) is 42.5 Å². The minimum absolute atomic E-state index is 0.104. The molecule has 5 heteroatoms. The number of hydrogen-bond acceptors (Lipinski definition) is 3. The van der Waals surface area contributed by atoms with Gasteiger partial charge in [-0.2, -0.15) is 0 Å². The van der Waals surface area contributed by atoms with Gasteiger partial charge in [-0.25, -0.2) is 0 Å². The maximum absolute atomic E-state index is 11.9. The highest BCUT2D eigenvalue weighted by Crippen LogP contribution is 2.06. The van der Waals surface area contributed by atoms with Crippen LogP contribution >= 0.6 is 0 Å². The number of carbonyl (C=O) groups is 1. The number of amides is 1. The van der Waals surface area contributed by atoms with E-state index in [-0.39, 0.29) is 11.8 Å². The lowest BCUT2D eigenvalue weighted by Crippen LogP contribution is -2.48. The Balaban J connectivity index is 1.89. The molecular weight excluding hydrogens is 241 g/mol. The molecule has 1 aromatic carbocycles. The van der Waals surface area contributed by atoms with Crippen molar-refractivity contribution in [1.29, 1.82) is 0 Å². The van der Waals surface area contributed by atoms with Crippen LogP contribution in [0.25, 0.3) is 0 Å². The van der Waals surface area contributed by atoms with Crippen molar-refractivity contribution in [3.63, 3.8) is 0 Å². The van der Waals surface area contributed by atoms with Gasteiger partial charge < -0.3 is 15.0 Å². The average Bonchev–Trinajstić information content (AvgIpc) is 2.40. The van der Waals surface area contributed by atoms with Gasteiger partial charge in [0.05, 0.1) is 12.4 Å². The average molecular weight is 259 g/mol. The van der Waals surface area contributed by atoms with Gasteiger partial charge >= 0.3 is 7.12 Å². The fourth-order valence-electron chi connectivity index (χ4n) is 2.02. The first-order chi connectivity index (χ1) is 9.25. The third kappa shape index (κ3) is 4.54. The van der Waals surface area contributed by atoms with Gasteiger partial charge in [-0.3, -0.25) is 4.79 Å². The van der Waals surface area contributed by atoms with Gasteiger partial charge in [-0.15, -0.1) is 0 Å². The van der Waals surface area contributed by atoms with Gasteiger partial charge in [-0.05, 0) is 18.4 Å². The molecule has 1 amide bonds. The van der Waals surface area contributed by atoms with Crippen molar-refractivity contribution >= 4 is 13.0 Å². The molecular formula is C14H18BNO3. The summed E-state index contributed by atoms with van der Waals surface area (Å²) in [6.07, 6.45) is 5.67. The van der Waals surface area contributed by atoms with Gasteiger partial charge in [0.25, 0.3) is 0 Å². The van der Waals surface area contributed by atoms with Crippen molar-refractivity contribution in [2.45, 2.75) is 25.2 Å². The van der Waals surface area contributed by atoms with Gasteiger partial charge in [0.2, 0.25) is 5.91 Å². The number of rotatable bonds is 3.